The zero-order valence-electron chi connectivity index (χ0n) is 9.53. The minimum atomic E-state index is 0.257. The lowest BCUT2D eigenvalue weighted by Crippen LogP contribution is -2.28. The van der Waals surface area contributed by atoms with E-state index in [1.165, 1.54) is 12.0 Å². The first-order valence-electron chi connectivity index (χ1n) is 5.64. The van der Waals surface area contributed by atoms with Crippen LogP contribution in [0.5, 0.6) is 5.75 Å². The number of likely N-dealkylation sites (tertiary alicyclic amines) is 1. The number of benzene rings is 1. The average molecular weight is 205 g/mol. The highest BCUT2D eigenvalue weighted by Crippen LogP contribution is 2.37. The average Bonchev–Trinajstić information content (AvgIpc) is 2.61. The fourth-order valence-corrected chi connectivity index (χ4v) is 2.64. The van der Waals surface area contributed by atoms with Crippen molar-refractivity contribution in [2.75, 3.05) is 20.1 Å². The van der Waals surface area contributed by atoms with E-state index in [-0.39, 0.29) is 5.41 Å². The van der Waals surface area contributed by atoms with Gasteiger partial charge in [-0.15, -0.1) is 0 Å². The summed E-state index contributed by atoms with van der Waals surface area (Å²) in [5.74, 6) is 0.384. The van der Waals surface area contributed by atoms with Crippen molar-refractivity contribution in [3.05, 3.63) is 29.8 Å². The summed E-state index contributed by atoms with van der Waals surface area (Å²) in [6.45, 7) is 4.50. The lowest BCUT2D eigenvalue weighted by Gasteiger charge is -2.28. The van der Waals surface area contributed by atoms with Gasteiger partial charge in [-0.2, -0.15) is 0 Å². The second kappa shape index (κ2) is 3.86. The van der Waals surface area contributed by atoms with E-state index >= 15 is 0 Å². The van der Waals surface area contributed by atoms with Gasteiger partial charge < -0.3 is 10.0 Å². The molecule has 0 radical (unpaired) electrons. The Morgan fingerprint density at radius 2 is 2.27 bits per heavy atom. The van der Waals surface area contributed by atoms with Gasteiger partial charge in [0.15, 0.2) is 0 Å². The van der Waals surface area contributed by atoms with Gasteiger partial charge in [0, 0.05) is 12.0 Å². The molecule has 0 aliphatic carbocycles. The predicted octanol–water partition coefficient (Wildman–Crippen LogP) is 2.38. The number of phenolic OH excluding ortho intramolecular Hbond substituents is 1. The molecule has 1 N–H and O–H groups in total. The minimum Gasteiger partial charge on any atom is -0.508 e. The first kappa shape index (κ1) is 10.5. The van der Waals surface area contributed by atoms with Gasteiger partial charge in [-0.25, -0.2) is 0 Å². The third kappa shape index (κ3) is 1.86. The van der Waals surface area contributed by atoms with Crippen LogP contribution in [0, 0.1) is 0 Å². The van der Waals surface area contributed by atoms with Crippen LogP contribution in [-0.2, 0) is 5.41 Å². The fourth-order valence-electron chi connectivity index (χ4n) is 2.64. The van der Waals surface area contributed by atoms with Crippen LogP contribution in [-0.4, -0.2) is 30.1 Å². The molecule has 0 saturated carbocycles. The van der Waals surface area contributed by atoms with E-state index in [0.717, 1.165) is 19.5 Å². The molecule has 0 bridgehead atoms. The van der Waals surface area contributed by atoms with Crippen molar-refractivity contribution in [3.8, 4) is 5.75 Å². The molecule has 1 unspecified atom stereocenters. The summed E-state index contributed by atoms with van der Waals surface area (Å²) in [7, 11) is 2.17. The van der Waals surface area contributed by atoms with Crippen LogP contribution in [0.25, 0.3) is 0 Å². The summed E-state index contributed by atoms with van der Waals surface area (Å²) < 4.78 is 0. The minimum absolute atomic E-state index is 0.257. The molecule has 1 aliphatic rings. The Balaban J connectivity index is 2.34. The molecule has 2 rings (SSSR count). The van der Waals surface area contributed by atoms with Gasteiger partial charge in [0.25, 0.3) is 0 Å². The number of nitrogens with zero attached hydrogens (tertiary/aromatic N) is 1. The molecule has 2 nitrogen and oxygen atoms in total. The fraction of sp³-hybridized carbons (Fsp3) is 0.538. The second-order valence-corrected chi connectivity index (χ2v) is 4.67. The molecule has 2 heteroatoms. The molecule has 1 aromatic carbocycles. The SMILES string of the molecule is CCC1(c2cccc(O)c2)CCN(C)C1. The normalized spacial score (nSPS) is 27.1. The highest BCUT2D eigenvalue weighted by atomic mass is 16.3. The Morgan fingerprint density at radius 3 is 2.80 bits per heavy atom. The van der Waals surface area contributed by atoms with Gasteiger partial charge in [-0.1, -0.05) is 19.1 Å². The van der Waals surface area contributed by atoms with Crippen LogP contribution in [0.15, 0.2) is 24.3 Å². The van der Waals surface area contributed by atoms with E-state index in [4.69, 9.17) is 0 Å². The van der Waals surface area contributed by atoms with Gasteiger partial charge in [0.05, 0.1) is 0 Å². The summed E-state index contributed by atoms with van der Waals surface area (Å²) in [5, 5.41) is 9.54. The van der Waals surface area contributed by atoms with Crippen LogP contribution < -0.4 is 0 Å². The molecular formula is C13H19NO. The molecule has 0 spiro atoms. The van der Waals surface area contributed by atoms with Crippen molar-refractivity contribution in [3.63, 3.8) is 0 Å². The smallest absolute Gasteiger partial charge is 0.115 e. The number of hydrogen-bond donors (Lipinski definition) is 1. The topological polar surface area (TPSA) is 23.5 Å². The summed E-state index contributed by atoms with van der Waals surface area (Å²) in [4.78, 5) is 2.37. The van der Waals surface area contributed by atoms with Gasteiger partial charge >= 0.3 is 0 Å². The summed E-state index contributed by atoms with van der Waals surface area (Å²) in [5.41, 5.74) is 1.54. The van der Waals surface area contributed by atoms with Crippen molar-refractivity contribution in [2.24, 2.45) is 0 Å². The number of hydrogen-bond acceptors (Lipinski definition) is 2. The highest BCUT2D eigenvalue weighted by molar-refractivity contribution is 5.34. The Labute approximate surface area is 91.5 Å². The molecular weight excluding hydrogens is 186 g/mol. The molecule has 82 valence electrons. The third-order valence-electron chi connectivity index (χ3n) is 3.68. The van der Waals surface area contributed by atoms with Gasteiger partial charge in [0.1, 0.15) is 5.75 Å². The van der Waals surface area contributed by atoms with Crippen LogP contribution >= 0.6 is 0 Å². The number of likely N-dealkylation sites (N-methyl/N-ethyl adjacent to an activating group) is 1. The highest BCUT2D eigenvalue weighted by Gasteiger charge is 2.36. The Morgan fingerprint density at radius 1 is 1.47 bits per heavy atom. The Kier molecular flexibility index (Phi) is 2.70. The molecule has 0 aromatic heterocycles. The number of phenols is 1. The predicted molar refractivity (Wildman–Crippen MR) is 62.2 cm³/mol. The van der Waals surface area contributed by atoms with Gasteiger partial charge in [0.2, 0.25) is 0 Å². The summed E-state index contributed by atoms with van der Waals surface area (Å²) >= 11 is 0. The van der Waals surface area contributed by atoms with Crippen LogP contribution in [0.2, 0.25) is 0 Å². The van der Waals surface area contributed by atoms with Crippen LogP contribution in [0.1, 0.15) is 25.3 Å². The van der Waals surface area contributed by atoms with Gasteiger partial charge in [-0.3, -0.25) is 0 Å². The monoisotopic (exact) mass is 205 g/mol. The van der Waals surface area contributed by atoms with E-state index < -0.39 is 0 Å². The largest absolute Gasteiger partial charge is 0.508 e. The molecule has 1 heterocycles. The quantitative estimate of drug-likeness (QED) is 0.801. The maximum absolute atomic E-state index is 9.54. The Hall–Kier alpha value is -1.02. The third-order valence-corrected chi connectivity index (χ3v) is 3.68. The standard InChI is InChI=1S/C13H19NO/c1-3-13(7-8-14(2)10-13)11-5-4-6-12(15)9-11/h4-6,9,15H,3,7-8,10H2,1-2H3. The maximum Gasteiger partial charge on any atom is 0.115 e. The zero-order valence-corrected chi connectivity index (χ0v) is 9.53. The molecule has 1 fully saturated rings. The van der Waals surface area contributed by atoms with E-state index in [9.17, 15) is 5.11 Å². The summed E-state index contributed by atoms with van der Waals surface area (Å²) in [6, 6.07) is 7.75. The summed E-state index contributed by atoms with van der Waals surface area (Å²) in [6.07, 6.45) is 2.34. The van der Waals surface area contributed by atoms with Crippen molar-refractivity contribution >= 4 is 0 Å². The van der Waals surface area contributed by atoms with E-state index in [1.54, 1.807) is 6.07 Å². The number of rotatable bonds is 2. The molecule has 1 aliphatic heterocycles. The van der Waals surface area contributed by atoms with E-state index in [1.807, 2.05) is 12.1 Å². The van der Waals surface area contributed by atoms with E-state index in [0.29, 0.717) is 5.75 Å². The lowest BCUT2D eigenvalue weighted by atomic mass is 9.77. The maximum atomic E-state index is 9.54. The molecule has 15 heavy (non-hydrogen) atoms. The molecule has 0 amide bonds. The second-order valence-electron chi connectivity index (χ2n) is 4.67. The first-order valence-corrected chi connectivity index (χ1v) is 5.64. The van der Waals surface area contributed by atoms with Crippen LogP contribution in [0.4, 0.5) is 0 Å². The lowest BCUT2D eigenvalue weighted by molar-refractivity contribution is 0.359. The van der Waals surface area contributed by atoms with Crippen molar-refractivity contribution in [1.82, 2.24) is 4.90 Å². The van der Waals surface area contributed by atoms with Crippen LogP contribution in [0.3, 0.4) is 0 Å². The first-order chi connectivity index (χ1) is 7.16. The molecule has 1 aromatic rings. The molecule has 1 atom stereocenters. The van der Waals surface area contributed by atoms with E-state index in [2.05, 4.69) is 24.9 Å². The van der Waals surface area contributed by atoms with Crippen molar-refractivity contribution in [2.45, 2.75) is 25.2 Å². The van der Waals surface area contributed by atoms with Gasteiger partial charge in [-0.05, 0) is 44.1 Å². The zero-order chi connectivity index (χ0) is 10.9. The Bertz CT molecular complexity index is 350. The number of aromatic hydroxyl groups is 1. The van der Waals surface area contributed by atoms with Crippen molar-refractivity contribution < 1.29 is 5.11 Å². The van der Waals surface area contributed by atoms with Crippen molar-refractivity contribution in [1.29, 1.82) is 0 Å². The molecule has 1 saturated heterocycles.